The summed E-state index contributed by atoms with van der Waals surface area (Å²) in [6, 6.07) is 3.38. The van der Waals surface area contributed by atoms with Gasteiger partial charge in [0.25, 0.3) is 5.56 Å². The zero-order chi connectivity index (χ0) is 36.7. The number of benzene rings is 2. The van der Waals surface area contributed by atoms with Gasteiger partial charge in [0.15, 0.2) is 0 Å². The van der Waals surface area contributed by atoms with E-state index in [0.717, 1.165) is 17.2 Å². The van der Waals surface area contributed by atoms with Gasteiger partial charge in [-0.1, -0.05) is 13.8 Å². The van der Waals surface area contributed by atoms with Crippen molar-refractivity contribution < 1.29 is 41.4 Å². The summed E-state index contributed by atoms with van der Waals surface area (Å²) in [7, 11) is 0. The molecule has 1 aromatic heterocycles. The number of carboxylic acid groups (broad SMARTS) is 1. The number of piperidine rings is 1. The number of alkyl halides is 3. The second-order valence-corrected chi connectivity index (χ2v) is 14.0. The molecule has 3 saturated heterocycles. The van der Waals surface area contributed by atoms with Crippen LogP contribution in [0.25, 0.3) is 11.1 Å². The second kappa shape index (κ2) is 14.6. The van der Waals surface area contributed by atoms with Gasteiger partial charge < -0.3 is 19.7 Å². The van der Waals surface area contributed by atoms with Crippen molar-refractivity contribution in [3.8, 4) is 11.1 Å². The molecule has 3 aliphatic heterocycles. The number of nitrogens with zero attached hydrogens (tertiary/aromatic N) is 2. The van der Waals surface area contributed by atoms with Crippen LogP contribution >= 0.6 is 0 Å². The first-order valence-electron chi connectivity index (χ1n) is 16.7. The number of carbonyl (C=O) groups is 2. The Balaban J connectivity index is 1.51. The summed E-state index contributed by atoms with van der Waals surface area (Å²) in [5.74, 6) is -3.61. The predicted octanol–water partition coefficient (Wildman–Crippen LogP) is 6.67. The van der Waals surface area contributed by atoms with Crippen molar-refractivity contribution in [1.82, 2.24) is 14.8 Å². The summed E-state index contributed by atoms with van der Waals surface area (Å²) in [6.45, 7) is 9.90. The number of aliphatic carboxylic acids is 1. The first kappa shape index (κ1) is 37.2. The average Bonchev–Trinajstić information content (AvgIpc) is 2.99. The number of amides is 1. The summed E-state index contributed by atoms with van der Waals surface area (Å²) < 4.78 is 79.0. The molecule has 3 aromatic rings. The number of pyridine rings is 1. The molecule has 0 aliphatic carbocycles. The minimum atomic E-state index is -4.81. The molecule has 4 unspecified atom stereocenters. The van der Waals surface area contributed by atoms with Crippen LogP contribution in [-0.2, 0) is 26.9 Å². The lowest BCUT2D eigenvalue weighted by Crippen LogP contribution is -2.57. The van der Waals surface area contributed by atoms with Gasteiger partial charge in [-0.05, 0) is 97.2 Å². The van der Waals surface area contributed by atoms with E-state index in [0.29, 0.717) is 48.0 Å². The fourth-order valence-corrected chi connectivity index (χ4v) is 7.23. The van der Waals surface area contributed by atoms with Crippen LogP contribution in [0.15, 0.2) is 41.3 Å². The van der Waals surface area contributed by atoms with Crippen molar-refractivity contribution in [2.45, 2.75) is 90.8 Å². The lowest BCUT2D eigenvalue weighted by atomic mass is 9.90. The molecule has 8 nitrogen and oxygen atoms in total. The fraction of sp³-hybridized carbons (Fsp3) is 0.486. The fourth-order valence-electron chi connectivity index (χ4n) is 7.23. The maximum absolute atomic E-state index is 15.8. The number of nitrogens with one attached hydrogen (secondary N) is 1. The van der Waals surface area contributed by atoms with Gasteiger partial charge in [0.2, 0.25) is 5.91 Å². The Hall–Kier alpha value is -4.10. The number of hydrogen-bond donors (Lipinski definition) is 2. The van der Waals surface area contributed by atoms with Crippen molar-refractivity contribution in [1.29, 1.82) is 0 Å². The molecule has 270 valence electrons. The van der Waals surface area contributed by atoms with Gasteiger partial charge in [0.05, 0.1) is 30.2 Å². The van der Waals surface area contributed by atoms with Crippen molar-refractivity contribution >= 4 is 11.9 Å². The Kier molecular flexibility index (Phi) is 10.9. The summed E-state index contributed by atoms with van der Waals surface area (Å²) in [6.07, 6.45) is -3.44. The Morgan fingerprint density at radius 1 is 1.00 bits per heavy atom. The van der Waals surface area contributed by atoms with E-state index in [1.807, 2.05) is 4.90 Å². The molecule has 3 aliphatic rings. The number of carboxylic acids is 1. The smallest absolute Gasteiger partial charge is 0.416 e. The van der Waals surface area contributed by atoms with E-state index in [1.165, 1.54) is 25.1 Å². The molecule has 0 spiro atoms. The van der Waals surface area contributed by atoms with Crippen molar-refractivity contribution in [2.75, 3.05) is 19.6 Å². The molecule has 1 amide bonds. The highest BCUT2D eigenvalue weighted by Gasteiger charge is 2.39. The summed E-state index contributed by atoms with van der Waals surface area (Å²) >= 11 is 0. The van der Waals surface area contributed by atoms with Crippen LogP contribution in [0, 0.1) is 38.3 Å². The van der Waals surface area contributed by atoms with E-state index in [4.69, 9.17) is 4.74 Å². The number of aryl methyl sites for hydroxylation is 3. The number of carbonyl (C=O) groups excluding carboxylic acids is 1. The van der Waals surface area contributed by atoms with Gasteiger partial charge in [-0.3, -0.25) is 19.3 Å². The van der Waals surface area contributed by atoms with Gasteiger partial charge in [-0.15, -0.1) is 0 Å². The van der Waals surface area contributed by atoms with Crippen LogP contribution in [0.2, 0.25) is 0 Å². The zero-order valence-corrected chi connectivity index (χ0v) is 28.7. The number of halogens is 5. The summed E-state index contributed by atoms with van der Waals surface area (Å²) in [5.41, 5.74) is -0.0147. The normalized spacial score (nSPS) is 18.9. The van der Waals surface area contributed by atoms with Crippen molar-refractivity contribution in [3.05, 3.63) is 91.9 Å². The number of fused-ring (bicyclic) bond motifs is 2. The number of hydrogen-bond acceptors (Lipinski definition) is 5. The number of morpholine rings is 1. The number of aromatic nitrogens is 1. The van der Waals surface area contributed by atoms with Crippen LogP contribution < -0.4 is 10.9 Å². The average molecular weight is 704 g/mol. The Morgan fingerprint density at radius 2 is 1.62 bits per heavy atom. The number of rotatable bonds is 12. The molecule has 13 heteroatoms. The summed E-state index contributed by atoms with van der Waals surface area (Å²) in [5, 5.41) is 12.4. The minimum Gasteiger partial charge on any atom is -0.481 e. The van der Waals surface area contributed by atoms with E-state index in [-0.39, 0.29) is 47.7 Å². The maximum Gasteiger partial charge on any atom is 0.416 e. The standard InChI is InChI=1S/C37H42F5N3O5/c1-19(2)8-31(45-16-23(29(14-32(45)46)37(40,41)42)6-7-44-17-26-13-27(18-44)50-26)36(49)43-30(15-33(47)48)28-12-24(9-22(5)35(28)39)34-20(3)10-25(38)11-21(34)4/h9-12,14,16,19,26-27,30-31H,6-8,13,15,17-18H2,1-5H3,(H,43,49)(H,47,48). The highest BCUT2D eigenvalue weighted by atomic mass is 19.4. The topological polar surface area (TPSA) is 101 Å². The predicted molar refractivity (Wildman–Crippen MR) is 177 cm³/mol. The molecule has 50 heavy (non-hydrogen) atoms. The third-order valence-electron chi connectivity index (χ3n) is 9.47. The van der Waals surface area contributed by atoms with Crippen LogP contribution in [0.1, 0.15) is 78.6 Å². The molecule has 4 heterocycles. The third kappa shape index (κ3) is 8.26. The monoisotopic (exact) mass is 703 g/mol. The van der Waals surface area contributed by atoms with E-state index in [2.05, 4.69) is 5.32 Å². The first-order valence-corrected chi connectivity index (χ1v) is 16.7. The molecular formula is C37H42F5N3O5. The largest absolute Gasteiger partial charge is 0.481 e. The molecule has 3 fully saturated rings. The Labute approximate surface area is 287 Å². The third-order valence-corrected chi connectivity index (χ3v) is 9.47. The SMILES string of the molecule is Cc1cc(-c2c(C)cc(F)cc2C)cc(C(CC(=O)O)NC(=O)C(CC(C)C)n2cc(CCN3CC4CC(C3)O4)c(C(F)(F)F)cc2=O)c1F. The van der Waals surface area contributed by atoms with Gasteiger partial charge >= 0.3 is 12.1 Å². The molecule has 0 saturated carbocycles. The second-order valence-electron chi connectivity index (χ2n) is 14.0. The van der Waals surface area contributed by atoms with Crippen molar-refractivity contribution in [3.63, 3.8) is 0 Å². The van der Waals surface area contributed by atoms with Crippen LogP contribution in [0.4, 0.5) is 22.0 Å². The summed E-state index contributed by atoms with van der Waals surface area (Å²) in [4.78, 5) is 41.4. The number of ether oxygens (including phenoxy) is 1. The van der Waals surface area contributed by atoms with E-state index < -0.39 is 59.3 Å². The highest BCUT2D eigenvalue weighted by Crippen LogP contribution is 2.36. The van der Waals surface area contributed by atoms with Gasteiger partial charge in [-0.2, -0.15) is 13.2 Å². The van der Waals surface area contributed by atoms with E-state index in [1.54, 1.807) is 33.8 Å². The van der Waals surface area contributed by atoms with Crippen molar-refractivity contribution in [2.24, 2.45) is 5.92 Å². The highest BCUT2D eigenvalue weighted by molar-refractivity contribution is 5.82. The zero-order valence-electron chi connectivity index (χ0n) is 28.7. The van der Waals surface area contributed by atoms with Gasteiger partial charge in [-0.25, -0.2) is 8.78 Å². The van der Waals surface area contributed by atoms with Crippen LogP contribution in [-0.4, -0.2) is 58.3 Å². The Bertz CT molecular complexity index is 1800. The van der Waals surface area contributed by atoms with Crippen LogP contribution in [0.3, 0.4) is 0 Å². The van der Waals surface area contributed by atoms with Gasteiger partial charge in [0.1, 0.15) is 17.7 Å². The molecule has 2 bridgehead atoms. The first-order chi connectivity index (χ1) is 23.4. The molecule has 6 rings (SSSR count). The minimum absolute atomic E-state index is 0.0265. The maximum atomic E-state index is 15.8. The van der Waals surface area contributed by atoms with Crippen LogP contribution in [0.5, 0.6) is 0 Å². The van der Waals surface area contributed by atoms with E-state index in [9.17, 15) is 37.1 Å². The molecule has 4 atom stereocenters. The molecule has 2 aromatic carbocycles. The quantitative estimate of drug-likeness (QED) is 0.205. The lowest BCUT2D eigenvalue weighted by molar-refractivity contribution is -0.180. The Morgan fingerprint density at radius 3 is 2.18 bits per heavy atom. The molecule has 2 N–H and O–H groups in total. The molecular weight excluding hydrogens is 661 g/mol. The molecule has 0 radical (unpaired) electrons. The lowest BCUT2D eigenvalue weighted by Gasteiger charge is -2.47. The van der Waals surface area contributed by atoms with Gasteiger partial charge in [0, 0.05) is 43.9 Å². The van der Waals surface area contributed by atoms with E-state index >= 15 is 4.39 Å².